The van der Waals surface area contributed by atoms with E-state index in [9.17, 15) is 4.39 Å². The van der Waals surface area contributed by atoms with E-state index in [4.69, 9.17) is 15.2 Å². The van der Waals surface area contributed by atoms with Crippen LogP contribution < -0.4 is 10.5 Å². The summed E-state index contributed by atoms with van der Waals surface area (Å²) in [5, 5.41) is 0. The molecule has 17 heavy (non-hydrogen) atoms. The minimum atomic E-state index is -0.287. The van der Waals surface area contributed by atoms with E-state index in [0.29, 0.717) is 23.4 Å². The van der Waals surface area contributed by atoms with Crippen LogP contribution in [0.5, 0.6) is 5.75 Å². The zero-order chi connectivity index (χ0) is 12.3. The lowest BCUT2D eigenvalue weighted by Crippen LogP contribution is -2.23. The lowest BCUT2D eigenvalue weighted by Gasteiger charge is -2.14. The van der Waals surface area contributed by atoms with Gasteiger partial charge < -0.3 is 15.2 Å². The molecule has 2 rings (SSSR count). The maximum Gasteiger partial charge on any atom is 0.133 e. The van der Waals surface area contributed by atoms with E-state index in [1.165, 1.54) is 12.1 Å². The van der Waals surface area contributed by atoms with Gasteiger partial charge in [0.2, 0.25) is 0 Å². The molecule has 1 saturated heterocycles. The number of ether oxygens (including phenoxy) is 2. The Bertz CT molecular complexity index is 389. The van der Waals surface area contributed by atoms with Gasteiger partial charge in [-0.05, 0) is 47.0 Å². The van der Waals surface area contributed by atoms with E-state index in [1.54, 1.807) is 6.07 Å². The molecule has 2 N–H and O–H groups in total. The molecule has 1 aliphatic heterocycles. The van der Waals surface area contributed by atoms with Crippen LogP contribution >= 0.6 is 15.9 Å². The molecule has 0 spiro atoms. The smallest absolute Gasteiger partial charge is 0.133 e. The minimum Gasteiger partial charge on any atom is -0.490 e. The van der Waals surface area contributed by atoms with Crippen LogP contribution in [0.1, 0.15) is 12.8 Å². The van der Waals surface area contributed by atoms with Crippen molar-refractivity contribution in [1.82, 2.24) is 0 Å². The zero-order valence-electron chi connectivity index (χ0n) is 9.36. The van der Waals surface area contributed by atoms with E-state index in [-0.39, 0.29) is 18.0 Å². The van der Waals surface area contributed by atoms with E-state index < -0.39 is 0 Å². The van der Waals surface area contributed by atoms with Crippen LogP contribution in [0.3, 0.4) is 0 Å². The highest BCUT2D eigenvalue weighted by atomic mass is 79.9. The molecule has 0 aromatic heterocycles. The fraction of sp³-hybridized carbons (Fsp3) is 0.500. The van der Waals surface area contributed by atoms with Crippen molar-refractivity contribution in [1.29, 1.82) is 0 Å². The summed E-state index contributed by atoms with van der Waals surface area (Å²) in [4.78, 5) is 0. The molecule has 94 valence electrons. The van der Waals surface area contributed by atoms with Gasteiger partial charge in [0.05, 0.1) is 16.7 Å². The van der Waals surface area contributed by atoms with Gasteiger partial charge in [-0.2, -0.15) is 0 Å². The zero-order valence-corrected chi connectivity index (χ0v) is 11.0. The van der Waals surface area contributed by atoms with Crippen LogP contribution in [0.2, 0.25) is 0 Å². The summed E-state index contributed by atoms with van der Waals surface area (Å²) in [6, 6.07) is 4.36. The Morgan fingerprint density at radius 2 is 2.18 bits per heavy atom. The Morgan fingerprint density at radius 3 is 2.82 bits per heavy atom. The van der Waals surface area contributed by atoms with Crippen molar-refractivity contribution in [2.24, 2.45) is 5.73 Å². The third-order valence-electron chi connectivity index (χ3n) is 2.78. The standard InChI is InChI=1S/C12H15BrFNO2/c13-11-5-8(14)1-4-12(11)16-7-10-3-2-9(6-15)17-10/h1,4-5,9-10H,2-3,6-7,15H2. The molecule has 2 unspecified atom stereocenters. The Morgan fingerprint density at radius 1 is 1.41 bits per heavy atom. The average molecular weight is 304 g/mol. The average Bonchev–Trinajstić information content (AvgIpc) is 2.76. The first-order valence-corrected chi connectivity index (χ1v) is 6.41. The van der Waals surface area contributed by atoms with Gasteiger partial charge in [-0.15, -0.1) is 0 Å². The molecule has 0 saturated carbocycles. The van der Waals surface area contributed by atoms with Crippen LogP contribution in [0, 0.1) is 5.82 Å². The van der Waals surface area contributed by atoms with Gasteiger partial charge in [-0.25, -0.2) is 4.39 Å². The van der Waals surface area contributed by atoms with Gasteiger partial charge >= 0.3 is 0 Å². The maximum atomic E-state index is 12.9. The maximum absolute atomic E-state index is 12.9. The predicted octanol–water partition coefficient (Wildman–Crippen LogP) is 2.47. The first-order chi connectivity index (χ1) is 8.19. The second kappa shape index (κ2) is 5.80. The van der Waals surface area contributed by atoms with Crippen molar-refractivity contribution in [2.45, 2.75) is 25.0 Å². The molecular formula is C12H15BrFNO2. The van der Waals surface area contributed by atoms with E-state index in [0.717, 1.165) is 12.8 Å². The molecule has 5 heteroatoms. The summed E-state index contributed by atoms with van der Waals surface area (Å²) in [5.41, 5.74) is 5.53. The highest BCUT2D eigenvalue weighted by molar-refractivity contribution is 9.10. The van der Waals surface area contributed by atoms with Crippen LogP contribution in [-0.2, 0) is 4.74 Å². The van der Waals surface area contributed by atoms with Gasteiger partial charge in [0.1, 0.15) is 18.2 Å². The second-order valence-electron chi connectivity index (χ2n) is 4.08. The molecule has 1 heterocycles. The van der Waals surface area contributed by atoms with Gasteiger partial charge in [0.15, 0.2) is 0 Å². The molecule has 3 nitrogen and oxygen atoms in total. The van der Waals surface area contributed by atoms with Crippen molar-refractivity contribution in [3.63, 3.8) is 0 Å². The molecule has 1 fully saturated rings. The summed E-state index contributed by atoms with van der Waals surface area (Å²) < 4.78 is 24.7. The van der Waals surface area contributed by atoms with Crippen molar-refractivity contribution in [3.05, 3.63) is 28.5 Å². The Kier molecular flexibility index (Phi) is 4.36. The summed E-state index contributed by atoms with van der Waals surface area (Å²) in [6.07, 6.45) is 2.18. The van der Waals surface area contributed by atoms with Gasteiger partial charge in [-0.3, -0.25) is 0 Å². The highest BCUT2D eigenvalue weighted by Crippen LogP contribution is 2.27. The third-order valence-corrected chi connectivity index (χ3v) is 3.40. The lowest BCUT2D eigenvalue weighted by molar-refractivity contribution is 0.0220. The minimum absolute atomic E-state index is 0.0838. The molecule has 0 aliphatic carbocycles. The van der Waals surface area contributed by atoms with E-state index >= 15 is 0 Å². The fourth-order valence-electron chi connectivity index (χ4n) is 1.85. The Hall–Kier alpha value is -0.650. The normalized spacial score (nSPS) is 23.9. The molecule has 1 aliphatic rings. The Balaban J connectivity index is 1.86. The largest absolute Gasteiger partial charge is 0.490 e. The van der Waals surface area contributed by atoms with Gasteiger partial charge in [0, 0.05) is 6.54 Å². The molecule has 1 aromatic carbocycles. The molecule has 0 radical (unpaired) electrons. The van der Waals surface area contributed by atoms with Crippen LogP contribution in [0.25, 0.3) is 0 Å². The molecular weight excluding hydrogens is 289 g/mol. The Labute approximate surface area is 108 Å². The van der Waals surface area contributed by atoms with E-state index in [1.807, 2.05) is 0 Å². The third kappa shape index (κ3) is 3.40. The molecule has 1 aromatic rings. The number of rotatable bonds is 4. The summed E-state index contributed by atoms with van der Waals surface area (Å²) >= 11 is 3.26. The number of hydrogen-bond donors (Lipinski definition) is 1. The first kappa shape index (κ1) is 12.8. The highest BCUT2D eigenvalue weighted by Gasteiger charge is 2.24. The van der Waals surface area contributed by atoms with Gasteiger partial charge in [-0.1, -0.05) is 0 Å². The molecule has 0 amide bonds. The lowest BCUT2D eigenvalue weighted by atomic mass is 10.2. The van der Waals surface area contributed by atoms with Crippen molar-refractivity contribution in [2.75, 3.05) is 13.2 Å². The molecule has 0 bridgehead atoms. The van der Waals surface area contributed by atoms with Gasteiger partial charge in [0.25, 0.3) is 0 Å². The monoisotopic (exact) mass is 303 g/mol. The van der Waals surface area contributed by atoms with Crippen LogP contribution in [0.15, 0.2) is 22.7 Å². The van der Waals surface area contributed by atoms with E-state index in [2.05, 4.69) is 15.9 Å². The van der Waals surface area contributed by atoms with Crippen molar-refractivity contribution in [3.8, 4) is 5.75 Å². The number of nitrogens with two attached hydrogens (primary N) is 1. The van der Waals surface area contributed by atoms with Crippen molar-refractivity contribution >= 4 is 15.9 Å². The topological polar surface area (TPSA) is 44.5 Å². The van der Waals surface area contributed by atoms with Crippen LogP contribution in [0.4, 0.5) is 4.39 Å². The quantitative estimate of drug-likeness (QED) is 0.929. The molecule has 2 atom stereocenters. The summed E-state index contributed by atoms with van der Waals surface area (Å²) in [6.45, 7) is 1.03. The second-order valence-corrected chi connectivity index (χ2v) is 4.93. The number of benzene rings is 1. The predicted molar refractivity (Wildman–Crippen MR) is 66.5 cm³/mol. The SMILES string of the molecule is NCC1CCC(COc2ccc(F)cc2Br)O1. The first-order valence-electron chi connectivity index (χ1n) is 5.62. The van der Waals surface area contributed by atoms with Crippen molar-refractivity contribution < 1.29 is 13.9 Å². The fourth-order valence-corrected chi connectivity index (χ4v) is 2.32. The number of halogens is 2. The van der Waals surface area contributed by atoms with Crippen LogP contribution in [-0.4, -0.2) is 25.4 Å². The summed E-state index contributed by atoms with van der Waals surface area (Å²) in [7, 11) is 0. The number of hydrogen-bond acceptors (Lipinski definition) is 3. The summed E-state index contributed by atoms with van der Waals surface area (Å²) in [5.74, 6) is 0.343.